The number of carbonyl (C=O) groups is 1. The summed E-state index contributed by atoms with van der Waals surface area (Å²) in [6.45, 7) is 4.69. The smallest absolute Gasteiger partial charge is 0.247 e. The molecule has 4 rings (SSSR count). The van der Waals surface area contributed by atoms with E-state index in [4.69, 9.17) is 4.74 Å². The highest BCUT2D eigenvalue weighted by molar-refractivity contribution is 6.00. The molecule has 9 heteroatoms. The van der Waals surface area contributed by atoms with Crippen molar-refractivity contribution in [2.24, 2.45) is 0 Å². The van der Waals surface area contributed by atoms with Gasteiger partial charge in [0.15, 0.2) is 0 Å². The second-order valence-electron chi connectivity index (χ2n) is 7.98. The first kappa shape index (κ1) is 23.8. The van der Waals surface area contributed by atoms with Gasteiger partial charge in [0.1, 0.15) is 23.7 Å². The van der Waals surface area contributed by atoms with Gasteiger partial charge < -0.3 is 20.3 Å². The lowest BCUT2D eigenvalue weighted by atomic mass is 10.1. The van der Waals surface area contributed by atoms with E-state index in [-0.39, 0.29) is 11.7 Å². The molecule has 2 aromatic carbocycles. The number of halogens is 1. The van der Waals surface area contributed by atoms with Crippen molar-refractivity contribution in [2.45, 2.75) is 0 Å². The van der Waals surface area contributed by atoms with Crippen LogP contribution >= 0.6 is 0 Å². The van der Waals surface area contributed by atoms with Gasteiger partial charge in [0.25, 0.3) is 0 Å². The van der Waals surface area contributed by atoms with Crippen LogP contribution in [0, 0.1) is 5.82 Å². The van der Waals surface area contributed by atoms with E-state index in [9.17, 15) is 9.18 Å². The third-order valence-electron chi connectivity index (χ3n) is 5.07. The van der Waals surface area contributed by atoms with E-state index in [2.05, 4.69) is 32.2 Å². The molecule has 35 heavy (non-hydrogen) atoms. The standard InChI is InChI=1S/C26H25FN6O2/c1-4-23(34)31-21-15-20(8-9-22(21)35-13-12-33(2)3)30-26-29-16-18-10-11-28-24(25(18)32-26)17-6-5-7-19(27)14-17/h4-11,14-16H,1,12-13H2,2-3H3,(H,31,34)(H,29,30,32). The molecule has 2 heterocycles. The normalized spacial score (nSPS) is 10.9. The Hall–Kier alpha value is -4.37. The maximum Gasteiger partial charge on any atom is 0.247 e. The van der Waals surface area contributed by atoms with Crippen LogP contribution in [0.4, 0.5) is 21.7 Å². The van der Waals surface area contributed by atoms with Crippen LogP contribution < -0.4 is 15.4 Å². The molecule has 4 aromatic rings. The molecule has 1 amide bonds. The van der Waals surface area contributed by atoms with Crippen LogP contribution in [0.3, 0.4) is 0 Å². The van der Waals surface area contributed by atoms with Crippen molar-refractivity contribution in [3.05, 3.63) is 79.4 Å². The number of pyridine rings is 1. The summed E-state index contributed by atoms with van der Waals surface area (Å²) in [6.07, 6.45) is 4.51. The zero-order valence-corrected chi connectivity index (χ0v) is 19.5. The lowest BCUT2D eigenvalue weighted by Gasteiger charge is -2.16. The molecule has 0 aliphatic heterocycles. The van der Waals surface area contributed by atoms with Crippen LogP contribution in [0.2, 0.25) is 0 Å². The summed E-state index contributed by atoms with van der Waals surface area (Å²) in [5.74, 6) is 0.151. The summed E-state index contributed by atoms with van der Waals surface area (Å²) in [5, 5.41) is 6.69. The lowest BCUT2D eigenvalue weighted by Crippen LogP contribution is -2.20. The molecule has 0 aliphatic rings. The Morgan fingerprint density at radius 1 is 1.17 bits per heavy atom. The van der Waals surface area contributed by atoms with Crippen molar-refractivity contribution in [3.8, 4) is 17.0 Å². The number of carbonyl (C=O) groups excluding carboxylic acids is 1. The molecular formula is C26H25FN6O2. The Labute approximate surface area is 202 Å². The Bertz CT molecular complexity index is 1380. The van der Waals surface area contributed by atoms with Gasteiger partial charge in [-0.2, -0.15) is 0 Å². The predicted octanol–water partition coefficient (Wildman–Crippen LogP) is 4.64. The number of likely N-dealkylation sites (N-methyl/N-ethyl adjacent to an activating group) is 1. The molecule has 0 atom stereocenters. The van der Waals surface area contributed by atoms with Crippen LogP contribution in [-0.4, -0.2) is 53.0 Å². The number of nitrogens with one attached hydrogen (secondary N) is 2. The van der Waals surface area contributed by atoms with E-state index in [0.717, 1.165) is 11.9 Å². The van der Waals surface area contributed by atoms with Crippen molar-refractivity contribution in [1.29, 1.82) is 0 Å². The van der Waals surface area contributed by atoms with Gasteiger partial charge in [-0.25, -0.2) is 14.4 Å². The zero-order chi connectivity index (χ0) is 24.8. The first-order valence-electron chi connectivity index (χ1n) is 10.9. The minimum absolute atomic E-state index is 0.324. The van der Waals surface area contributed by atoms with Gasteiger partial charge in [-0.05, 0) is 56.6 Å². The second kappa shape index (κ2) is 10.7. The highest BCUT2D eigenvalue weighted by Gasteiger charge is 2.12. The summed E-state index contributed by atoms with van der Waals surface area (Å²) >= 11 is 0. The summed E-state index contributed by atoms with van der Waals surface area (Å²) < 4.78 is 19.6. The number of hydrogen-bond donors (Lipinski definition) is 2. The number of hydrogen-bond acceptors (Lipinski definition) is 7. The van der Waals surface area contributed by atoms with E-state index in [1.54, 1.807) is 48.8 Å². The number of rotatable bonds is 9. The maximum atomic E-state index is 13.8. The molecule has 2 aromatic heterocycles. The minimum Gasteiger partial charge on any atom is -0.490 e. The van der Waals surface area contributed by atoms with Crippen molar-refractivity contribution < 1.29 is 13.9 Å². The highest BCUT2D eigenvalue weighted by Crippen LogP contribution is 2.30. The minimum atomic E-state index is -0.354. The first-order chi connectivity index (χ1) is 16.9. The van der Waals surface area contributed by atoms with E-state index in [1.807, 2.05) is 19.0 Å². The number of amides is 1. The van der Waals surface area contributed by atoms with E-state index < -0.39 is 0 Å². The van der Waals surface area contributed by atoms with Crippen molar-refractivity contribution in [1.82, 2.24) is 19.9 Å². The molecule has 0 aliphatic carbocycles. The quantitative estimate of drug-likeness (QED) is 0.343. The predicted molar refractivity (Wildman–Crippen MR) is 135 cm³/mol. The van der Waals surface area contributed by atoms with Gasteiger partial charge in [0.05, 0.1) is 11.4 Å². The number of fused-ring (bicyclic) bond motifs is 1. The van der Waals surface area contributed by atoms with Gasteiger partial charge >= 0.3 is 0 Å². The summed E-state index contributed by atoms with van der Waals surface area (Å²) in [4.78, 5) is 27.4. The first-order valence-corrected chi connectivity index (χ1v) is 10.9. The van der Waals surface area contributed by atoms with Crippen LogP contribution in [-0.2, 0) is 4.79 Å². The van der Waals surface area contributed by atoms with Crippen LogP contribution in [0.1, 0.15) is 0 Å². The van der Waals surface area contributed by atoms with E-state index in [0.29, 0.717) is 46.5 Å². The van der Waals surface area contributed by atoms with Crippen LogP contribution in [0.5, 0.6) is 5.75 Å². The molecule has 0 bridgehead atoms. The number of nitrogens with zero attached hydrogens (tertiary/aromatic N) is 4. The van der Waals surface area contributed by atoms with Crippen LogP contribution in [0.15, 0.2) is 73.6 Å². The Kier molecular flexibility index (Phi) is 7.27. The van der Waals surface area contributed by atoms with Crippen molar-refractivity contribution >= 4 is 34.1 Å². The lowest BCUT2D eigenvalue weighted by molar-refractivity contribution is -0.111. The van der Waals surface area contributed by atoms with Crippen molar-refractivity contribution in [3.63, 3.8) is 0 Å². The van der Waals surface area contributed by atoms with Gasteiger partial charge in [-0.3, -0.25) is 9.78 Å². The Balaban J connectivity index is 1.64. The zero-order valence-electron chi connectivity index (χ0n) is 19.5. The summed E-state index contributed by atoms with van der Waals surface area (Å²) in [5.41, 5.74) is 2.88. The third-order valence-corrected chi connectivity index (χ3v) is 5.07. The average molecular weight is 473 g/mol. The number of anilines is 3. The van der Waals surface area contributed by atoms with E-state index >= 15 is 0 Å². The average Bonchev–Trinajstić information content (AvgIpc) is 2.84. The van der Waals surface area contributed by atoms with Gasteiger partial charge in [-0.15, -0.1) is 0 Å². The van der Waals surface area contributed by atoms with E-state index in [1.165, 1.54) is 18.2 Å². The Morgan fingerprint density at radius 3 is 2.80 bits per heavy atom. The summed E-state index contributed by atoms with van der Waals surface area (Å²) in [7, 11) is 3.91. The molecule has 0 fully saturated rings. The molecule has 178 valence electrons. The molecule has 0 saturated heterocycles. The number of aromatic nitrogens is 3. The number of ether oxygens (including phenoxy) is 1. The topological polar surface area (TPSA) is 92.3 Å². The highest BCUT2D eigenvalue weighted by atomic mass is 19.1. The largest absolute Gasteiger partial charge is 0.490 e. The van der Waals surface area contributed by atoms with Crippen molar-refractivity contribution in [2.75, 3.05) is 37.9 Å². The second-order valence-corrected chi connectivity index (χ2v) is 7.98. The fraction of sp³-hybridized carbons (Fsp3) is 0.154. The maximum absolute atomic E-state index is 13.8. The molecule has 8 nitrogen and oxygen atoms in total. The molecule has 0 unspecified atom stereocenters. The Morgan fingerprint density at radius 2 is 2.03 bits per heavy atom. The number of benzene rings is 2. The third kappa shape index (κ3) is 5.96. The molecule has 0 saturated carbocycles. The van der Waals surface area contributed by atoms with Crippen LogP contribution in [0.25, 0.3) is 22.2 Å². The molecule has 2 N–H and O–H groups in total. The molecule has 0 spiro atoms. The fourth-order valence-corrected chi connectivity index (χ4v) is 3.35. The van der Waals surface area contributed by atoms with Gasteiger partial charge in [0, 0.05) is 35.6 Å². The monoisotopic (exact) mass is 472 g/mol. The molecular weight excluding hydrogens is 447 g/mol. The van der Waals surface area contributed by atoms with Gasteiger partial charge in [-0.1, -0.05) is 18.7 Å². The summed E-state index contributed by atoms with van der Waals surface area (Å²) in [6, 6.07) is 13.3. The molecule has 0 radical (unpaired) electrons. The fourth-order valence-electron chi connectivity index (χ4n) is 3.35. The SMILES string of the molecule is C=CC(=O)Nc1cc(Nc2ncc3ccnc(-c4cccc(F)c4)c3n2)ccc1OCCN(C)C. The van der Waals surface area contributed by atoms with Gasteiger partial charge in [0.2, 0.25) is 11.9 Å².